The predicted molar refractivity (Wildman–Crippen MR) is 69.5 cm³/mol. The van der Waals surface area contributed by atoms with E-state index in [4.69, 9.17) is 9.84 Å². The molecule has 17 heavy (non-hydrogen) atoms. The number of aliphatic hydroxyl groups excluding tert-OH is 1. The molecule has 90 valence electrons. The molecule has 0 amide bonds. The van der Waals surface area contributed by atoms with Crippen molar-refractivity contribution in [1.82, 2.24) is 4.98 Å². The molecule has 2 aromatic rings. The lowest BCUT2D eigenvalue weighted by Gasteiger charge is -2.05. The molecule has 4 heteroatoms. The molecule has 0 unspecified atom stereocenters. The number of aryl methyl sites for hydroxylation is 1. The van der Waals surface area contributed by atoms with Crippen molar-refractivity contribution in [3.05, 3.63) is 34.7 Å². The van der Waals surface area contributed by atoms with Gasteiger partial charge in [0.15, 0.2) is 0 Å². The highest BCUT2D eigenvalue weighted by Crippen LogP contribution is 2.23. The largest absolute Gasteiger partial charge is 0.494 e. The molecule has 0 aliphatic carbocycles. The lowest BCUT2D eigenvalue weighted by Crippen LogP contribution is -1.99. The molecule has 1 N–H and O–H groups in total. The van der Waals surface area contributed by atoms with E-state index in [1.807, 2.05) is 31.2 Å². The Kier molecular flexibility index (Phi) is 4.12. The highest BCUT2D eigenvalue weighted by Gasteiger charge is 2.02. The lowest BCUT2D eigenvalue weighted by molar-refractivity contribution is 0.233. The third kappa shape index (κ3) is 3.28. The first kappa shape index (κ1) is 12.1. The summed E-state index contributed by atoms with van der Waals surface area (Å²) >= 11 is 1.65. The Bertz CT molecular complexity index is 465. The Labute approximate surface area is 105 Å². The minimum absolute atomic E-state index is 0.163. The van der Waals surface area contributed by atoms with Crippen molar-refractivity contribution in [1.29, 1.82) is 0 Å². The molecule has 0 saturated carbocycles. The van der Waals surface area contributed by atoms with Crippen molar-refractivity contribution in [2.24, 2.45) is 0 Å². The molecule has 0 aliphatic heterocycles. The van der Waals surface area contributed by atoms with Gasteiger partial charge in [-0.2, -0.15) is 0 Å². The van der Waals surface area contributed by atoms with Gasteiger partial charge in [-0.15, -0.1) is 11.3 Å². The van der Waals surface area contributed by atoms with Crippen LogP contribution in [0.2, 0.25) is 0 Å². The zero-order valence-corrected chi connectivity index (χ0v) is 10.5. The SMILES string of the molecule is Cc1nc(-c2ccc(OCCCO)cc2)cs1. The summed E-state index contributed by atoms with van der Waals surface area (Å²) in [6.45, 7) is 2.71. The maximum Gasteiger partial charge on any atom is 0.119 e. The van der Waals surface area contributed by atoms with Gasteiger partial charge in [0.25, 0.3) is 0 Å². The van der Waals surface area contributed by atoms with E-state index in [-0.39, 0.29) is 6.61 Å². The Balaban J connectivity index is 2.02. The molecule has 1 aromatic carbocycles. The monoisotopic (exact) mass is 249 g/mol. The summed E-state index contributed by atoms with van der Waals surface area (Å²) in [5.41, 5.74) is 2.11. The van der Waals surface area contributed by atoms with Crippen LogP contribution in [0.1, 0.15) is 11.4 Å². The van der Waals surface area contributed by atoms with E-state index in [1.165, 1.54) is 0 Å². The second-order valence-corrected chi connectivity index (χ2v) is 4.76. The van der Waals surface area contributed by atoms with Crippen LogP contribution in [-0.4, -0.2) is 23.3 Å². The van der Waals surface area contributed by atoms with Crippen LogP contribution >= 0.6 is 11.3 Å². The van der Waals surface area contributed by atoms with Crippen LogP contribution < -0.4 is 4.74 Å². The smallest absolute Gasteiger partial charge is 0.119 e. The second-order valence-electron chi connectivity index (χ2n) is 3.70. The van der Waals surface area contributed by atoms with Gasteiger partial charge in [-0.3, -0.25) is 0 Å². The van der Waals surface area contributed by atoms with Gasteiger partial charge >= 0.3 is 0 Å². The number of rotatable bonds is 5. The van der Waals surface area contributed by atoms with Gasteiger partial charge in [0, 0.05) is 24.0 Å². The molecule has 1 aromatic heterocycles. The Morgan fingerprint density at radius 2 is 2.06 bits per heavy atom. The summed E-state index contributed by atoms with van der Waals surface area (Å²) < 4.78 is 5.46. The van der Waals surface area contributed by atoms with Gasteiger partial charge < -0.3 is 9.84 Å². The van der Waals surface area contributed by atoms with Crippen LogP contribution in [0.25, 0.3) is 11.3 Å². The maximum atomic E-state index is 8.65. The molecule has 0 bridgehead atoms. The zero-order valence-electron chi connectivity index (χ0n) is 9.72. The van der Waals surface area contributed by atoms with Gasteiger partial charge in [-0.05, 0) is 31.2 Å². The number of aliphatic hydroxyl groups is 1. The highest BCUT2D eigenvalue weighted by molar-refractivity contribution is 7.09. The van der Waals surface area contributed by atoms with Crippen LogP contribution in [0.5, 0.6) is 5.75 Å². The summed E-state index contributed by atoms with van der Waals surface area (Å²) in [6, 6.07) is 7.87. The summed E-state index contributed by atoms with van der Waals surface area (Å²) in [6.07, 6.45) is 0.660. The molecule has 0 atom stereocenters. The molecular formula is C13H15NO2S. The van der Waals surface area contributed by atoms with Crippen molar-refractivity contribution < 1.29 is 9.84 Å². The fraction of sp³-hybridized carbons (Fsp3) is 0.308. The molecule has 0 saturated heterocycles. The minimum Gasteiger partial charge on any atom is -0.494 e. The van der Waals surface area contributed by atoms with E-state index in [1.54, 1.807) is 11.3 Å². The van der Waals surface area contributed by atoms with E-state index in [9.17, 15) is 0 Å². The van der Waals surface area contributed by atoms with Crippen molar-refractivity contribution in [3.8, 4) is 17.0 Å². The standard InChI is InChI=1S/C13H15NO2S/c1-10-14-13(9-17-10)11-3-5-12(6-4-11)16-8-2-7-15/h3-6,9,15H,2,7-8H2,1H3. The summed E-state index contributed by atoms with van der Waals surface area (Å²) in [4.78, 5) is 4.43. The topological polar surface area (TPSA) is 42.4 Å². The van der Waals surface area contributed by atoms with Crippen molar-refractivity contribution >= 4 is 11.3 Å². The molecule has 3 nitrogen and oxygen atoms in total. The van der Waals surface area contributed by atoms with Crippen LogP contribution in [0.3, 0.4) is 0 Å². The van der Waals surface area contributed by atoms with Crippen LogP contribution in [0, 0.1) is 6.92 Å². The fourth-order valence-corrected chi connectivity index (χ4v) is 2.09. The average Bonchev–Trinajstić information content (AvgIpc) is 2.77. The van der Waals surface area contributed by atoms with E-state index in [0.717, 1.165) is 22.0 Å². The van der Waals surface area contributed by atoms with Crippen LogP contribution in [0.4, 0.5) is 0 Å². The number of benzene rings is 1. The van der Waals surface area contributed by atoms with Crippen molar-refractivity contribution in [3.63, 3.8) is 0 Å². The third-order valence-corrected chi connectivity index (χ3v) is 3.11. The average molecular weight is 249 g/mol. The van der Waals surface area contributed by atoms with Gasteiger partial charge in [0.05, 0.1) is 17.3 Å². The van der Waals surface area contributed by atoms with Gasteiger partial charge in [0.2, 0.25) is 0 Å². The summed E-state index contributed by atoms with van der Waals surface area (Å²) in [5, 5.41) is 11.8. The first-order valence-electron chi connectivity index (χ1n) is 5.56. The molecule has 0 spiro atoms. The van der Waals surface area contributed by atoms with E-state index in [0.29, 0.717) is 13.0 Å². The van der Waals surface area contributed by atoms with Crippen molar-refractivity contribution in [2.45, 2.75) is 13.3 Å². The van der Waals surface area contributed by atoms with E-state index in [2.05, 4.69) is 10.4 Å². The number of aromatic nitrogens is 1. The minimum atomic E-state index is 0.163. The Morgan fingerprint density at radius 1 is 1.29 bits per heavy atom. The highest BCUT2D eigenvalue weighted by atomic mass is 32.1. The zero-order chi connectivity index (χ0) is 12.1. The number of thiazole rings is 1. The number of hydrogen-bond donors (Lipinski definition) is 1. The lowest BCUT2D eigenvalue weighted by atomic mass is 10.2. The number of nitrogens with zero attached hydrogens (tertiary/aromatic N) is 1. The van der Waals surface area contributed by atoms with Gasteiger partial charge in [-0.1, -0.05) is 0 Å². The third-order valence-electron chi connectivity index (χ3n) is 2.34. The first-order valence-corrected chi connectivity index (χ1v) is 6.44. The van der Waals surface area contributed by atoms with Gasteiger partial charge in [-0.25, -0.2) is 4.98 Å². The number of ether oxygens (including phenoxy) is 1. The molecule has 2 rings (SSSR count). The van der Waals surface area contributed by atoms with E-state index < -0.39 is 0 Å². The molecule has 0 radical (unpaired) electrons. The fourth-order valence-electron chi connectivity index (χ4n) is 1.47. The quantitative estimate of drug-likeness (QED) is 0.828. The summed E-state index contributed by atoms with van der Waals surface area (Å²) in [5.74, 6) is 0.828. The summed E-state index contributed by atoms with van der Waals surface area (Å²) in [7, 11) is 0. The predicted octanol–water partition coefficient (Wildman–Crippen LogP) is 2.88. The van der Waals surface area contributed by atoms with E-state index >= 15 is 0 Å². The Morgan fingerprint density at radius 3 is 2.65 bits per heavy atom. The van der Waals surface area contributed by atoms with Gasteiger partial charge in [0.1, 0.15) is 5.75 Å². The normalized spacial score (nSPS) is 10.5. The molecule has 0 aliphatic rings. The van der Waals surface area contributed by atoms with Crippen LogP contribution in [0.15, 0.2) is 29.6 Å². The van der Waals surface area contributed by atoms with Crippen LogP contribution in [-0.2, 0) is 0 Å². The second kappa shape index (κ2) is 5.80. The van der Waals surface area contributed by atoms with Crippen molar-refractivity contribution in [2.75, 3.05) is 13.2 Å². The number of hydrogen-bond acceptors (Lipinski definition) is 4. The molecule has 0 fully saturated rings. The Hall–Kier alpha value is -1.39. The maximum absolute atomic E-state index is 8.65. The first-order chi connectivity index (χ1) is 8.29. The molecular weight excluding hydrogens is 234 g/mol. The molecule has 1 heterocycles.